The minimum atomic E-state index is -0.309. The van der Waals surface area contributed by atoms with Crippen molar-refractivity contribution in [2.45, 2.75) is 32.9 Å². The van der Waals surface area contributed by atoms with Crippen LogP contribution in [0.1, 0.15) is 32.8 Å². The van der Waals surface area contributed by atoms with Gasteiger partial charge in [-0.25, -0.2) is 0 Å². The van der Waals surface area contributed by atoms with Crippen LogP contribution in [0.2, 0.25) is 0 Å². The maximum absolute atomic E-state index is 5.69. The fourth-order valence-corrected chi connectivity index (χ4v) is 2.25. The third-order valence-corrected chi connectivity index (χ3v) is 2.97. The molecule has 1 atom stereocenters. The molecule has 0 amide bonds. The second-order valence-corrected chi connectivity index (χ2v) is 3.78. The number of fused-ring (bicyclic) bond motifs is 1. The van der Waals surface area contributed by atoms with Gasteiger partial charge >= 0.3 is 0 Å². The molecule has 1 unspecified atom stereocenters. The highest BCUT2D eigenvalue weighted by molar-refractivity contribution is 5.55. The van der Waals surface area contributed by atoms with E-state index in [1.165, 1.54) is 11.3 Å². The molecule has 0 fully saturated rings. The lowest BCUT2D eigenvalue weighted by Gasteiger charge is -2.38. The van der Waals surface area contributed by atoms with Crippen LogP contribution in [-0.4, -0.2) is 20.2 Å². The van der Waals surface area contributed by atoms with E-state index in [1.54, 1.807) is 7.11 Å². The molecule has 0 aromatic heterocycles. The van der Waals surface area contributed by atoms with Crippen molar-refractivity contribution in [1.82, 2.24) is 5.32 Å². The predicted octanol–water partition coefficient (Wildman–Crippen LogP) is 2.94. The van der Waals surface area contributed by atoms with E-state index in [2.05, 4.69) is 35.8 Å². The van der Waals surface area contributed by atoms with Gasteiger partial charge in [0.2, 0.25) is 0 Å². The number of ether oxygens (including phenoxy) is 1. The largest absolute Gasteiger partial charge is 0.385 e. The van der Waals surface area contributed by atoms with Gasteiger partial charge in [-0.05, 0) is 12.6 Å². The van der Waals surface area contributed by atoms with Crippen molar-refractivity contribution in [3.05, 3.63) is 29.8 Å². The topological polar surface area (TPSA) is 33.3 Å². The maximum Gasteiger partial charge on any atom is 0.148 e. The molecule has 1 aromatic rings. The molecule has 2 rings (SSSR count). The molecule has 0 saturated heterocycles. The van der Waals surface area contributed by atoms with Crippen LogP contribution in [-0.2, 0) is 10.5 Å². The Balaban J connectivity index is 0.000000686. The molecule has 1 aromatic carbocycles. The SMILES string of the molecule is CC.CCNC1(OC)CCNc2ccccc21. The number of benzene rings is 1. The van der Waals surface area contributed by atoms with E-state index in [9.17, 15) is 0 Å². The summed E-state index contributed by atoms with van der Waals surface area (Å²) in [4.78, 5) is 0. The van der Waals surface area contributed by atoms with E-state index in [-0.39, 0.29) is 5.72 Å². The minimum Gasteiger partial charge on any atom is -0.385 e. The average Bonchev–Trinajstić information content (AvgIpc) is 2.42. The Labute approximate surface area is 105 Å². The zero-order valence-electron chi connectivity index (χ0n) is 11.3. The van der Waals surface area contributed by atoms with Crippen LogP contribution in [0.15, 0.2) is 24.3 Å². The zero-order chi connectivity index (χ0) is 12.7. The van der Waals surface area contributed by atoms with Crippen LogP contribution in [0.25, 0.3) is 0 Å². The summed E-state index contributed by atoms with van der Waals surface area (Å²) >= 11 is 0. The molecule has 1 heterocycles. The van der Waals surface area contributed by atoms with Crippen LogP contribution in [0, 0.1) is 0 Å². The van der Waals surface area contributed by atoms with Gasteiger partial charge in [-0.2, -0.15) is 0 Å². The van der Waals surface area contributed by atoms with Crippen LogP contribution in [0.4, 0.5) is 5.69 Å². The van der Waals surface area contributed by atoms with Crippen LogP contribution in [0.3, 0.4) is 0 Å². The number of rotatable bonds is 3. The first kappa shape index (κ1) is 14.0. The summed E-state index contributed by atoms with van der Waals surface area (Å²) < 4.78 is 5.69. The molecule has 2 N–H and O–H groups in total. The first-order valence-corrected chi connectivity index (χ1v) is 6.46. The van der Waals surface area contributed by atoms with Gasteiger partial charge in [0.25, 0.3) is 0 Å². The monoisotopic (exact) mass is 236 g/mol. The van der Waals surface area contributed by atoms with Gasteiger partial charge in [-0.3, -0.25) is 5.32 Å². The molecule has 1 aliphatic heterocycles. The van der Waals surface area contributed by atoms with Crippen molar-refractivity contribution in [2.24, 2.45) is 0 Å². The molecule has 0 spiro atoms. The second-order valence-electron chi connectivity index (χ2n) is 3.78. The summed E-state index contributed by atoms with van der Waals surface area (Å²) in [6.07, 6.45) is 0.953. The summed E-state index contributed by atoms with van der Waals surface area (Å²) in [7, 11) is 1.77. The number of para-hydroxylation sites is 1. The van der Waals surface area contributed by atoms with E-state index in [4.69, 9.17) is 4.74 Å². The Hall–Kier alpha value is -1.06. The highest BCUT2D eigenvalue weighted by Gasteiger charge is 2.35. The first-order chi connectivity index (χ1) is 8.32. The molecule has 0 aliphatic carbocycles. The summed E-state index contributed by atoms with van der Waals surface area (Å²) in [6, 6.07) is 8.31. The van der Waals surface area contributed by atoms with Crippen LogP contribution in [0.5, 0.6) is 0 Å². The summed E-state index contributed by atoms with van der Waals surface area (Å²) in [5.74, 6) is 0. The Bertz CT molecular complexity index is 341. The lowest BCUT2D eigenvalue weighted by atomic mass is 9.93. The fourth-order valence-electron chi connectivity index (χ4n) is 2.25. The van der Waals surface area contributed by atoms with Crippen molar-refractivity contribution < 1.29 is 4.74 Å². The quantitative estimate of drug-likeness (QED) is 0.792. The zero-order valence-corrected chi connectivity index (χ0v) is 11.3. The van der Waals surface area contributed by atoms with Gasteiger partial charge in [0.15, 0.2) is 0 Å². The van der Waals surface area contributed by atoms with Crippen molar-refractivity contribution >= 4 is 5.69 Å². The highest BCUT2D eigenvalue weighted by Crippen LogP contribution is 2.35. The predicted molar refractivity (Wildman–Crippen MR) is 73.3 cm³/mol. The molecule has 0 radical (unpaired) electrons. The molecule has 0 bridgehead atoms. The number of nitrogens with one attached hydrogen (secondary N) is 2. The molecule has 3 heteroatoms. The third kappa shape index (κ3) is 2.79. The van der Waals surface area contributed by atoms with E-state index < -0.39 is 0 Å². The second kappa shape index (κ2) is 6.62. The van der Waals surface area contributed by atoms with Crippen molar-refractivity contribution in [2.75, 3.05) is 25.5 Å². The summed E-state index contributed by atoms with van der Waals surface area (Å²) in [5, 5.41) is 6.83. The standard InChI is InChI=1S/C12H18N2O.C2H6/c1-3-14-12(15-2)8-9-13-11-7-5-4-6-10(11)12;1-2/h4-7,13-14H,3,8-9H2,1-2H3;1-2H3. The molecular weight excluding hydrogens is 212 g/mol. The Morgan fingerprint density at radius 2 is 2.06 bits per heavy atom. The molecule has 3 nitrogen and oxygen atoms in total. The normalized spacial score (nSPS) is 21.9. The number of methoxy groups -OCH3 is 1. The molecule has 96 valence electrons. The van der Waals surface area contributed by atoms with Crippen molar-refractivity contribution in [1.29, 1.82) is 0 Å². The summed E-state index contributed by atoms with van der Waals surface area (Å²) in [5.41, 5.74) is 2.07. The Morgan fingerprint density at radius 3 is 2.71 bits per heavy atom. The molecule has 0 saturated carbocycles. The summed E-state index contributed by atoms with van der Waals surface area (Å²) in [6.45, 7) is 7.95. The van der Waals surface area contributed by atoms with Gasteiger partial charge in [-0.1, -0.05) is 39.0 Å². The Kier molecular flexibility index (Phi) is 5.45. The number of hydrogen-bond acceptors (Lipinski definition) is 3. The molecule has 1 aliphatic rings. The van der Waals surface area contributed by atoms with Gasteiger partial charge < -0.3 is 10.1 Å². The van der Waals surface area contributed by atoms with E-state index in [0.717, 1.165) is 19.5 Å². The van der Waals surface area contributed by atoms with Crippen molar-refractivity contribution in [3.63, 3.8) is 0 Å². The van der Waals surface area contributed by atoms with E-state index in [1.807, 2.05) is 19.9 Å². The van der Waals surface area contributed by atoms with Crippen LogP contribution >= 0.6 is 0 Å². The highest BCUT2D eigenvalue weighted by atomic mass is 16.5. The maximum atomic E-state index is 5.69. The van der Waals surface area contributed by atoms with Gasteiger partial charge in [0.05, 0.1) is 0 Å². The average molecular weight is 236 g/mol. The molecular formula is C14H24N2O. The van der Waals surface area contributed by atoms with Gasteiger partial charge in [0.1, 0.15) is 5.72 Å². The molecule has 17 heavy (non-hydrogen) atoms. The van der Waals surface area contributed by atoms with Gasteiger partial charge in [0, 0.05) is 31.3 Å². The van der Waals surface area contributed by atoms with E-state index in [0.29, 0.717) is 0 Å². The number of hydrogen-bond donors (Lipinski definition) is 2. The van der Waals surface area contributed by atoms with Crippen molar-refractivity contribution in [3.8, 4) is 0 Å². The smallest absolute Gasteiger partial charge is 0.148 e. The van der Waals surface area contributed by atoms with Gasteiger partial charge in [-0.15, -0.1) is 0 Å². The minimum absolute atomic E-state index is 0.309. The Morgan fingerprint density at radius 1 is 1.35 bits per heavy atom. The fraction of sp³-hybridized carbons (Fsp3) is 0.571. The number of anilines is 1. The first-order valence-electron chi connectivity index (χ1n) is 6.46. The lowest BCUT2D eigenvalue weighted by molar-refractivity contribution is -0.0500. The third-order valence-electron chi connectivity index (χ3n) is 2.97. The van der Waals surface area contributed by atoms with Crippen LogP contribution < -0.4 is 10.6 Å². The van der Waals surface area contributed by atoms with E-state index >= 15 is 0 Å². The lowest BCUT2D eigenvalue weighted by Crippen LogP contribution is -2.48.